The summed E-state index contributed by atoms with van der Waals surface area (Å²) in [6.45, 7) is 8.05. The summed E-state index contributed by atoms with van der Waals surface area (Å²) in [4.78, 5) is 2.32. The van der Waals surface area contributed by atoms with Crippen LogP contribution in [0.5, 0.6) is 0 Å². The van der Waals surface area contributed by atoms with Crippen molar-refractivity contribution < 1.29 is 13.2 Å². The van der Waals surface area contributed by atoms with Gasteiger partial charge >= 0.3 is 0 Å². The number of likely N-dealkylation sites (tertiary alicyclic amines) is 1. The molecule has 1 heterocycles. The van der Waals surface area contributed by atoms with Crippen molar-refractivity contribution in [3.8, 4) is 0 Å². The zero-order chi connectivity index (χ0) is 14.9. The number of benzene rings is 1. The summed E-state index contributed by atoms with van der Waals surface area (Å²) in [6.07, 6.45) is 0.0579. The second-order valence-electron chi connectivity index (χ2n) is 6.56. The van der Waals surface area contributed by atoms with Crippen LogP contribution in [0.15, 0.2) is 18.2 Å². The molecular formula is C16H22F3N. The Hall–Kier alpha value is -1.03. The van der Waals surface area contributed by atoms with E-state index in [0.717, 1.165) is 25.2 Å². The van der Waals surface area contributed by atoms with Crippen molar-refractivity contribution in [3.05, 3.63) is 35.4 Å². The largest absolute Gasteiger partial charge is 0.298 e. The van der Waals surface area contributed by atoms with E-state index in [1.165, 1.54) is 6.07 Å². The lowest BCUT2D eigenvalue weighted by atomic mass is 9.86. The van der Waals surface area contributed by atoms with Gasteiger partial charge < -0.3 is 0 Å². The van der Waals surface area contributed by atoms with Gasteiger partial charge in [0, 0.05) is 17.2 Å². The number of nitrogens with zero attached hydrogens (tertiary/aromatic N) is 1. The highest BCUT2D eigenvalue weighted by Crippen LogP contribution is 2.36. The monoisotopic (exact) mass is 285 g/mol. The molecule has 0 spiro atoms. The highest BCUT2D eigenvalue weighted by atomic mass is 19.1. The van der Waals surface area contributed by atoms with Gasteiger partial charge in [0.2, 0.25) is 0 Å². The lowest BCUT2D eigenvalue weighted by molar-refractivity contribution is 0.0591. The topological polar surface area (TPSA) is 3.24 Å². The molecule has 1 aromatic carbocycles. The molecule has 1 aromatic rings. The molecule has 0 aromatic heterocycles. The van der Waals surface area contributed by atoms with Gasteiger partial charge in [-0.3, -0.25) is 4.90 Å². The molecule has 112 valence electrons. The van der Waals surface area contributed by atoms with Gasteiger partial charge in [-0.15, -0.1) is 0 Å². The fourth-order valence-corrected chi connectivity index (χ4v) is 2.84. The molecule has 0 N–H and O–H groups in total. The van der Waals surface area contributed by atoms with Crippen molar-refractivity contribution in [2.24, 2.45) is 5.92 Å². The fourth-order valence-electron chi connectivity index (χ4n) is 2.84. The highest BCUT2D eigenvalue weighted by molar-refractivity contribution is 5.21. The maximum atomic E-state index is 14.5. The van der Waals surface area contributed by atoms with Crippen LogP contribution < -0.4 is 0 Å². The molecule has 1 aliphatic heterocycles. The van der Waals surface area contributed by atoms with Crippen LogP contribution in [0, 0.1) is 17.6 Å². The Labute approximate surface area is 118 Å². The lowest BCUT2D eigenvalue weighted by Crippen LogP contribution is -2.46. The molecule has 2 rings (SSSR count). The highest BCUT2D eigenvalue weighted by Gasteiger charge is 2.32. The van der Waals surface area contributed by atoms with E-state index in [1.807, 2.05) is 0 Å². The average Bonchev–Trinajstić information content (AvgIpc) is 2.37. The third-order valence-corrected chi connectivity index (χ3v) is 4.16. The second-order valence-corrected chi connectivity index (χ2v) is 6.56. The van der Waals surface area contributed by atoms with Crippen molar-refractivity contribution in [1.29, 1.82) is 0 Å². The molecule has 0 bridgehead atoms. The maximum Gasteiger partial charge on any atom is 0.132 e. The zero-order valence-corrected chi connectivity index (χ0v) is 12.3. The predicted molar refractivity (Wildman–Crippen MR) is 74.3 cm³/mol. The normalized spacial score (nSPS) is 20.1. The summed E-state index contributed by atoms with van der Waals surface area (Å²) in [5.41, 5.74) is 0.0679. The summed E-state index contributed by atoms with van der Waals surface area (Å²) >= 11 is 0. The molecule has 0 aliphatic carbocycles. The standard InChI is InChI=1S/C16H22F3N/c1-16(2,3)20-8-6-11(7-9-20)15(19)13-5-4-12(17)10-14(13)18/h4-5,10-11,15H,6-9H2,1-3H3. The first-order valence-corrected chi connectivity index (χ1v) is 7.13. The number of hydrogen-bond donors (Lipinski definition) is 0. The third-order valence-electron chi connectivity index (χ3n) is 4.16. The number of alkyl halides is 1. The minimum absolute atomic E-state index is 0.0133. The Morgan fingerprint density at radius 3 is 2.25 bits per heavy atom. The maximum absolute atomic E-state index is 14.5. The van der Waals surface area contributed by atoms with Gasteiger partial charge in [0.15, 0.2) is 0 Å². The number of hydrogen-bond acceptors (Lipinski definition) is 1. The van der Waals surface area contributed by atoms with Gasteiger partial charge in [0.25, 0.3) is 0 Å². The molecule has 20 heavy (non-hydrogen) atoms. The minimum Gasteiger partial charge on any atom is -0.298 e. The van der Waals surface area contributed by atoms with E-state index in [1.54, 1.807) is 0 Å². The van der Waals surface area contributed by atoms with Crippen LogP contribution in [0.3, 0.4) is 0 Å². The van der Waals surface area contributed by atoms with Crippen LogP contribution in [0.4, 0.5) is 13.2 Å². The van der Waals surface area contributed by atoms with Crippen molar-refractivity contribution >= 4 is 0 Å². The summed E-state index contributed by atoms with van der Waals surface area (Å²) in [6, 6.07) is 3.10. The van der Waals surface area contributed by atoms with Crippen LogP contribution in [0.1, 0.15) is 45.3 Å². The Bertz CT molecular complexity index is 459. The molecule has 0 radical (unpaired) electrons. The Balaban J connectivity index is 2.03. The lowest BCUT2D eigenvalue weighted by Gasteiger charge is -2.41. The van der Waals surface area contributed by atoms with Gasteiger partial charge in [-0.05, 0) is 58.7 Å². The first-order valence-electron chi connectivity index (χ1n) is 7.13. The van der Waals surface area contributed by atoms with E-state index in [-0.39, 0.29) is 17.0 Å². The molecule has 1 aliphatic rings. The molecular weight excluding hydrogens is 263 g/mol. The van der Waals surface area contributed by atoms with Gasteiger partial charge in [0.1, 0.15) is 17.8 Å². The Morgan fingerprint density at radius 2 is 1.75 bits per heavy atom. The average molecular weight is 285 g/mol. The fraction of sp³-hybridized carbons (Fsp3) is 0.625. The van der Waals surface area contributed by atoms with E-state index >= 15 is 0 Å². The van der Waals surface area contributed by atoms with Crippen molar-refractivity contribution in [3.63, 3.8) is 0 Å². The second kappa shape index (κ2) is 5.76. The van der Waals surface area contributed by atoms with Crippen molar-refractivity contribution in [2.45, 2.75) is 45.3 Å². The third kappa shape index (κ3) is 3.35. The summed E-state index contributed by atoms with van der Waals surface area (Å²) < 4.78 is 41.0. The van der Waals surface area contributed by atoms with Gasteiger partial charge in [0.05, 0.1) is 0 Å². The SMILES string of the molecule is CC(C)(C)N1CCC(C(F)c2ccc(F)cc2F)CC1. The smallest absolute Gasteiger partial charge is 0.132 e. The van der Waals surface area contributed by atoms with E-state index < -0.39 is 17.8 Å². The molecule has 1 fully saturated rings. The van der Waals surface area contributed by atoms with Crippen LogP contribution >= 0.6 is 0 Å². The van der Waals surface area contributed by atoms with Crippen LogP contribution in [-0.4, -0.2) is 23.5 Å². The molecule has 1 nitrogen and oxygen atoms in total. The van der Waals surface area contributed by atoms with Gasteiger partial charge in [-0.1, -0.05) is 6.07 Å². The molecule has 1 atom stereocenters. The minimum atomic E-state index is -1.35. The van der Waals surface area contributed by atoms with Crippen LogP contribution in [-0.2, 0) is 0 Å². The zero-order valence-electron chi connectivity index (χ0n) is 12.3. The Kier molecular flexibility index (Phi) is 4.43. The Morgan fingerprint density at radius 1 is 1.15 bits per heavy atom. The van der Waals surface area contributed by atoms with E-state index in [9.17, 15) is 13.2 Å². The quantitative estimate of drug-likeness (QED) is 0.774. The van der Waals surface area contributed by atoms with Crippen LogP contribution in [0.25, 0.3) is 0 Å². The predicted octanol–water partition coefficient (Wildman–Crippen LogP) is 4.49. The molecule has 1 saturated heterocycles. The van der Waals surface area contributed by atoms with Crippen molar-refractivity contribution in [1.82, 2.24) is 4.90 Å². The number of halogens is 3. The first kappa shape index (κ1) is 15.4. The summed E-state index contributed by atoms with van der Waals surface area (Å²) in [5, 5.41) is 0. The van der Waals surface area contributed by atoms with E-state index in [2.05, 4.69) is 25.7 Å². The molecule has 4 heteroatoms. The summed E-state index contributed by atoms with van der Waals surface area (Å²) in [5.74, 6) is -1.63. The first-order chi connectivity index (χ1) is 9.29. The van der Waals surface area contributed by atoms with E-state index in [0.29, 0.717) is 12.8 Å². The molecule has 0 saturated carbocycles. The number of piperidine rings is 1. The summed E-state index contributed by atoms with van der Waals surface area (Å²) in [7, 11) is 0. The number of rotatable bonds is 2. The van der Waals surface area contributed by atoms with Crippen LogP contribution in [0.2, 0.25) is 0 Å². The molecule has 1 unspecified atom stereocenters. The van der Waals surface area contributed by atoms with E-state index in [4.69, 9.17) is 0 Å². The van der Waals surface area contributed by atoms with Gasteiger partial charge in [-0.25, -0.2) is 13.2 Å². The van der Waals surface area contributed by atoms with Gasteiger partial charge in [-0.2, -0.15) is 0 Å². The molecule has 0 amide bonds. The van der Waals surface area contributed by atoms with Crippen molar-refractivity contribution in [2.75, 3.05) is 13.1 Å².